The molecule has 0 aromatic rings. The molecular weight excluding hydrogens is 258 g/mol. The Kier molecular flexibility index (Phi) is 5.76. The number of ether oxygens (including phenoxy) is 2. The first kappa shape index (κ1) is 16.9. The molecular formula is C14H29NO3Si. The monoisotopic (exact) mass is 287 g/mol. The second-order valence-corrected chi connectivity index (χ2v) is 11.3. The Labute approximate surface area is 118 Å². The van der Waals surface area contributed by atoms with Gasteiger partial charge in [0.2, 0.25) is 0 Å². The van der Waals surface area contributed by atoms with Gasteiger partial charge in [0.05, 0.1) is 12.6 Å². The van der Waals surface area contributed by atoms with Crippen LogP contribution in [0.5, 0.6) is 0 Å². The molecule has 0 bridgehead atoms. The van der Waals surface area contributed by atoms with Gasteiger partial charge >= 0.3 is 0 Å². The van der Waals surface area contributed by atoms with E-state index in [0.717, 1.165) is 0 Å². The molecule has 2 N–H and O–H groups in total. The van der Waals surface area contributed by atoms with Crippen molar-refractivity contribution in [3.63, 3.8) is 0 Å². The first-order chi connectivity index (χ1) is 8.67. The molecule has 0 aliphatic carbocycles. The predicted octanol–water partition coefficient (Wildman–Crippen LogP) is 2.65. The summed E-state index contributed by atoms with van der Waals surface area (Å²) in [6.07, 6.45) is 3.50. The lowest BCUT2D eigenvalue weighted by Gasteiger charge is -2.38. The number of hydrogen-bond acceptors (Lipinski definition) is 4. The average Bonchev–Trinajstić information content (AvgIpc) is 2.29. The molecule has 0 amide bonds. The first-order valence-electron chi connectivity index (χ1n) is 7.02. The molecule has 1 rings (SSSR count). The van der Waals surface area contributed by atoms with E-state index in [9.17, 15) is 0 Å². The van der Waals surface area contributed by atoms with Gasteiger partial charge in [-0.05, 0) is 25.1 Å². The summed E-state index contributed by atoms with van der Waals surface area (Å²) in [7, 11) is -1.73. The molecule has 0 unspecified atom stereocenters. The van der Waals surface area contributed by atoms with Crippen molar-refractivity contribution >= 4 is 8.32 Å². The lowest BCUT2D eigenvalue weighted by atomic mass is 10.2. The highest BCUT2D eigenvalue weighted by atomic mass is 28.4. The fourth-order valence-electron chi connectivity index (χ4n) is 1.57. The van der Waals surface area contributed by atoms with Gasteiger partial charge in [0.15, 0.2) is 14.6 Å². The maximum atomic E-state index is 6.16. The Morgan fingerprint density at radius 2 is 1.89 bits per heavy atom. The number of hydrogen-bond donors (Lipinski definition) is 1. The summed E-state index contributed by atoms with van der Waals surface area (Å²) in [6, 6.07) is -0.191. The van der Waals surface area contributed by atoms with E-state index in [1.165, 1.54) is 0 Å². The Hall–Kier alpha value is -0.203. The van der Waals surface area contributed by atoms with E-state index in [1.807, 2.05) is 19.1 Å². The van der Waals surface area contributed by atoms with Crippen LogP contribution in [0, 0.1) is 0 Å². The van der Waals surface area contributed by atoms with Crippen molar-refractivity contribution in [3.05, 3.63) is 12.2 Å². The summed E-state index contributed by atoms with van der Waals surface area (Å²) in [5.74, 6) is 0. The van der Waals surface area contributed by atoms with Gasteiger partial charge in [-0.2, -0.15) is 0 Å². The Morgan fingerprint density at radius 1 is 1.26 bits per heavy atom. The van der Waals surface area contributed by atoms with E-state index >= 15 is 0 Å². The summed E-state index contributed by atoms with van der Waals surface area (Å²) >= 11 is 0. The predicted molar refractivity (Wildman–Crippen MR) is 80.6 cm³/mol. The Morgan fingerprint density at radius 3 is 2.42 bits per heavy atom. The minimum absolute atomic E-state index is 0.0644. The van der Waals surface area contributed by atoms with E-state index in [2.05, 4.69) is 33.9 Å². The molecule has 1 heterocycles. The Balaban J connectivity index is 2.53. The average molecular weight is 287 g/mol. The summed E-state index contributed by atoms with van der Waals surface area (Å²) < 4.78 is 17.5. The van der Waals surface area contributed by atoms with Crippen LogP contribution in [0.15, 0.2) is 12.2 Å². The smallest absolute Gasteiger partial charge is 0.192 e. The van der Waals surface area contributed by atoms with Crippen molar-refractivity contribution < 1.29 is 13.9 Å². The molecule has 112 valence electrons. The molecule has 0 saturated carbocycles. The highest BCUT2D eigenvalue weighted by Gasteiger charge is 2.38. The summed E-state index contributed by atoms with van der Waals surface area (Å²) in [4.78, 5) is 0. The van der Waals surface area contributed by atoms with Crippen molar-refractivity contribution in [2.24, 2.45) is 5.73 Å². The zero-order valence-electron chi connectivity index (χ0n) is 13.1. The molecule has 19 heavy (non-hydrogen) atoms. The maximum Gasteiger partial charge on any atom is 0.192 e. The third kappa shape index (κ3) is 4.68. The van der Waals surface area contributed by atoms with Gasteiger partial charge in [0, 0.05) is 6.61 Å². The van der Waals surface area contributed by atoms with Crippen LogP contribution in [0.25, 0.3) is 0 Å². The SMILES string of the molecule is CCO[C@H]1O[C@H](CO[Si](C)(C)C(C)(C)C)C=C[C@H]1N. The highest BCUT2D eigenvalue weighted by Crippen LogP contribution is 2.36. The van der Waals surface area contributed by atoms with Gasteiger partial charge in [-0.15, -0.1) is 0 Å². The van der Waals surface area contributed by atoms with Gasteiger partial charge in [-0.3, -0.25) is 0 Å². The van der Waals surface area contributed by atoms with Crippen LogP contribution in [0.4, 0.5) is 0 Å². The maximum absolute atomic E-state index is 6.16. The van der Waals surface area contributed by atoms with Crippen molar-refractivity contribution in [2.45, 2.75) is 64.3 Å². The lowest BCUT2D eigenvalue weighted by Crippen LogP contribution is -2.47. The standard InChI is InChI=1S/C14H29NO3Si/c1-7-16-13-12(15)9-8-11(18-13)10-17-19(5,6)14(2,3)4/h8-9,11-13H,7,10,15H2,1-6H3/t11-,12+,13-/m0/s1. The zero-order chi connectivity index (χ0) is 14.7. The molecule has 3 atom stereocenters. The fraction of sp³-hybridized carbons (Fsp3) is 0.857. The quantitative estimate of drug-likeness (QED) is 0.624. The second-order valence-electron chi connectivity index (χ2n) is 6.53. The van der Waals surface area contributed by atoms with Crippen molar-refractivity contribution in [1.82, 2.24) is 0 Å². The molecule has 0 fully saturated rings. The molecule has 0 spiro atoms. The van der Waals surface area contributed by atoms with Crippen LogP contribution < -0.4 is 5.73 Å². The third-order valence-corrected chi connectivity index (χ3v) is 8.42. The minimum Gasteiger partial charge on any atom is -0.414 e. The van der Waals surface area contributed by atoms with E-state index in [1.54, 1.807) is 0 Å². The molecule has 0 aromatic carbocycles. The van der Waals surface area contributed by atoms with Gasteiger partial charge in [-0.25, -0.2) is 0 Å². The first-order valence-corrected chi connectivity index (χ1v) is 9.93. The van der Waals surface area contributed by atoms with E-state index < -0.39 is 8.32 Å². The molecule has 0 radical (unpaired) electrons. The second kappa shape index (κ2) is 6.50. The molecule has 5 heteroatoms. The normalized spacial score (nSPS) is 28.7. The molecule has 1 aliphatic rings. The van der Waals surface area contributed by atoms with Crippen LogP contribution >= 0.6 is 0 Å². The lowest BCUT2D eigenvalue weighted by molar-refractivity contribution is -0.173. The number of nitrogens with two attached hydrogens (primary N) is 1. The molecule has 0 aromatic heterocycles. The van der Waals surface area contributed by atoms with Crippen molar-refractivity contribution in [1.29, 1.82) is 0 Å². The van der Waals surface area contributed by atoms with Gasteiger partial charge < -0.3 is 19.6 Å². The van der Waals surface area contributed by atoms with Gasteiger partial charge in [0.25, 0.3) is 0 Å². The molecule has 1 aliphatic heterocycles. The highest BCUT2D eigenvalue weighted by molar-refractivity contribution is 6.74. The van der Waals surface area contributed by atoms with Gasteiger partial charge in [-0.1, -0.05) is 32.9 Å². The Bertz CT molecular complexity index is 312. The zero-order valence-corrected chi connectivity index (χ0v) is 14.1. The minimum atomic E-state index is -1.73. The van der Waals surface area contributed by atoms with Crippen molar-refractivity contribution in [3.8, 4) is 0 Å². The summed E-state index contributed by atoms with van der Waals surface area (Å²) in [6.45, 7) is 14.3. The van der Waals surface area contributed by atoms with Crippen LogP contribution in [-0.2, 0) is 13.9 Å². The van der Waals surface area contributed by atoms with Crippen LogP contribution in [0.3, 0.4) is 0 Å². The summed E-state index contributed by atoms with van der Waals surface area (Å²) in [5.41, 5.74) is 5.91. The molecule has 0 saturated heterocycles. The fourth-order valence-corrected chi connectivity index (χ4v) is 2.58. The van der Waals surface area contributed by atoms with E-state index in [4.69, 9.17) is 19.6 Å². The van der Waals surface area contributed by atoms with Crippen LogP contribution in [0.2, 0.25) is 18.1 Å². The van der Waals surface area contributed by atoms with Crippen LogP contribution in [0.1, 0.15) is 27.7 Å². The van der Waals surface area contributed by atoms with E-state index in [0.29, 0.717) is 13.2 Å². The molecule has 4 nitrogen and oxygen atoms in total. The largest absolute Gasteiger partial charge is 0.414 e. The number of rotatable bonds is 5. The van der Waals surface area contributed by atoms with Crippen molar-refractivity contribution in [2.75, 3.05) is 13.2 Å². The van der Waals surface area contributed by atoms with E-state index in [-0.39, 0.29) is 23.5 Å². The van der Waals surface area contributed by atoms with Gasteiger partial charge in [0.1, 0.15) is 6.10 Å². The third-order valence-electron chi connectivity index (χ3n) is 3.92. The van der Waals surface area contributed by atoms with Crippen LogP contribution in [-0.4, -0.2) is 40.0 Å². The summed E-state index contributed by atoms with van der Waals surface area (Å²) in [5, 5.41) is 0.209. The topological polar surface area (TPSA) is 53.7 Å².